The molecule has 0 amide bonds. The lowest BCUT2D eigenvalue weighted by Gasteiger charge is -2.26. The Labute approximate surface area is 233 Å². The molecule has 8 heteroatoms. The molecule has 39 heavy (non-hydrogen) atoms. The van der Waals surface area contributed by atoms with E-state index >= 15 is 0 Å². The molecule has 1 atom stereocenters. The first-order valence-electron chi connectivity index (χ1n) is 12.9. The molecule has 1 aromatic heterocycles. The number of hydrogen-bond acceptors (Lipinski definition) is 6. The van der Waals surface area contributed by atoms with Crippen LogP contribution in [0.1, 0.15) is 48.6 Å². The SMILES string of the molecule is CCCc1nn(-c2ccccc2)c2c1C(c1ccc(OCc3ccccc3Cl)c(OCC)c1)C(C#N)=C(N)O2. The molecule has 1 aliphatic rings. The van der Waals surface area contributed by atoms with Gasteiger partial charge in [0.05, 0.1) is 29.5 Å². The van der Waals surface area contributed by atoms with Crippen LogP contribution in [0.15, 0.2) is 84.3 Å². The minimum absolute atomic E-state index is 0.0622. The van der Waals surface area contributed by atoms with Crippen LogP contribution in [0.25, 0.3) is 5.69 Å². The summed E-state index contributed by atoms with van der Waals surface area (Å²) in [7, 11) is 0. The van der Waals surface area contributed by atoms with Gasteiger partial charge in [0, 0.05) is 10.6 Å². The molecule has 2 heterocycles. The second-order valence-corrected chi connectivity index (χ2v) is 9.51. The number of para-hydroxylation sites is 1. The first-order chi connectivity index (χ1) is 19.0. The standard InChI is InChI=1S/C31H29ClN4O3/c1-3-10-25-29-28(23(18-33)30(34)39-31(29)36(35-25)22-12-6-5-7-13-22)20-15-16-26(27(17-20)37-4-2)38-19-21-11-8-9-14-24(21)32/h5-9,11-17,28H,3-4,10,19,34H2,1-2H3. The summed E-state index contributed by atoms with van der Waals surface area (Å²) in [6.07, 6.45) is 1.60. The van der Waals surface area contributed by atoms with Gasteiger partial charge in [-0.15, -0.1) is 0 Å². The third-order valence-corrected chi connectivity index (χ3v) is 6.92. The van der Waals surface area contributed by atoms with Gasteiger partial charge in [0.15, 0.2) is 11.5 Å². The minimum Gasteiger partial charge on any atom is -0.490 e. The number of ether oxygens (including phenoxy) is 3. The number of aromatic nitrogens is 2. The number of fused-ring (bicyclic) bond motifs is 1. The summed E-state index contributed by atoms with van der Waals surface area (Å²) < 4.78 is 19.9. The fourth-order valence-corrected chi connectivity index (χ4v) is 4.96. The van der Waals surface area contributed by atoms with Crippen molar-refractivity contribution in [2.24, 2.45) is 5.73 Å². The van der Waals surface area contributed by atoms with Gasteiger partial charge in [-0.2, -0.15) is 10.4 Å². The van der Waals surface area contributed by atoms with Crippen LogP contribution in [0.2, 0.25) is 5.02 Å². The number of nitriles is 1. The molecule has 0 fully saturated rings. The summed E-state index contributed by atoms with van der Waals surface area (Å²) >= 11 is 6.32. The molecule has 7 nitrogen and oxygen atoms in total. The number of nitrogens with zero attached hydrogens (tertiary/aromatic N) is 3. The van der Waals surface area contributed by atoms with Crippen LogP contribution in [0.3, 0.4) is 0 Å². The first kappa shape index (κ1) is 26.2. The van der Waals surface area contributed by atoms with E-state index < -0.39 is 5.92 Å². The summed E-state index contributed by atoms with van der Waals surface area (Å²) in [5, 5.41) is 15.7. The number of halogens is 1. The average molecular weight is 541 g/mol. The lowest BCUT2D eigenvalue weighted by molar-refractivity contribution is 0.269. The maximum atomic E-state index is 10.2. The number of hydrogen-bond donors (Lipinski definition) is 1. The molecule has 0 bridgehead atoms. The van der Waals surface area contributed by atoms with Gasteiger partial charge in [-0.25, -0.2) is 4.68 Å². The minimum atomic E-state index is -0.477. The number of benzene rings is 3. The fourth-order valence-electron chi connectivity index (χ4n) is 4.77. The van der Waals surface area contributed by atoms with E-state index in [-0.39, 0.29) is 5.88 Å². The van der Waals surface area contributed by atoms with Gasteiger partial charge < -0.3 is 19.9 Å². The maximum Gasteiger partial charge on any atom is 0.229 e. The van der Waals surface area contributed by atoms with Gasteiger partial charge >= 0.3 is 0 Å². The van der Waals surface area contributed by atoms with E-state index in [0.717, 1.165) is 40.9 Å². The highest BCUT2D eigenvalue weighted by Crippen LogP contribution is 2.46. The highest BCUT2D eigenvalue weighted by Gasteiger charge is 2.37. The number of aryl methyl sites for hydroxylation is 1. The zero-order valence-corrected chi connectivity index (χ0v) is 22.6. The molecule has 0 radical (unpaired) electrons. The van der Waals surface area contributed by atoms with E-state index in [9.17, 15) is 5.26 Å². The third-order valence-electron chi connectivity index (χ3n) is 6.55. The molecule has 2 N–H and O–H groups in total. The Kier molecular flexibility index (Phi) is 7.76. The van der Waals surface area contributed by atoms with Crippen molar-refractivity contribution in [3.8, 4) is 29.1 Å². The summed E-state index contributed by atoms with van der Waals surface area (Å²) in [5.74, 6) is 1.25. The van der Waals surface area contributed by atoms with Gasteiger partial charge in [0.1, 0.15) is 18.2 Å². The first-order valence-corrected chi connectivity index (χ1v) is 13.3. The smallest absolute Gasteiger partial charge is 0.229 e. The van der Waals surface area contributed by atoms with Crippen molar-refractivity contribution in [3.63, 3.8) is 0 Å². The topological polar surface area (TPSA) is 95.3 Å². The van der Waals surface area contributed by atoms with Gasteiger partial charge in [0.25, 0.3) is 0 Å². The largest absolute Gasteiger partial charge is 0.490 e. The number of allylic oxidation sites excluding steroid dienone is 1. The molecule has 1 aliphatic heterocycles. The normalized spacial score (nSPS) is 14.4. The van der Waals surface area contributed by atoms with E-state index in [0.29, 0.717) is 41.2 Å². The number of rotatable bonds is 9. The Morgan fingerprint density at radius 3 is 2.51 bits per heavy atom. The van der Waals surface area contributed by atoms with Crippen LogP contribution < -0.4 is 19.9 Å². The summed E-state index contributed by atoms with van der Waals surface area (Å²) in [6, 6.07) is 25.3. The summed E-state index contributed by atoms with van der Waals surface area (Å²) in [4.78, 5) is 0. The molecule has 0 aliphatic carbocycles. The van der Waals surface area contributed by atoms with Crippen LogP contribution in [0.4, 0.5) is 0 Å². The molecule has 0 saturated carbocycles. The Morgan fingerprint density at radius 2 is 1.79 bits per heavy atom. The van der Waals surface area contributed by atoms with Crippen molar-refractivity contribution in [1.29, 1.82) is 5.26 Å². The molecular formula is C31H29ClN4O3. The summed E-state index contributed by atoms with van der Waals surface area (Å²) in [5.41, 5.74) is 10.9. The van der Waals surface area contributed by atoms with Crippen LogP contribution in [0, 0.1) is 11.3 Å². The Balaban J connectivity index is 1.60. The van der Waals surface area contributed by atoms with Crippen molar-refractivity contribution in [3.05, 3.63) is 112 Å². The van der Waals surface area contributed by atoms with Crippen molar-refractivity contribution in [1.82, 2.24) is 9.78 Å². The van der Waals surface area contributed by atoms with Crippen LogP contribution >= 0.6 is 11.6 Å². The van der Waals surface area contributed by atoms with E-state index in [1.165, 1.54) is 0 Å². The Hall–Kier alpha value is -4.41. The lowest BCUT2D eigenvalue weighted by atomic mass is 9.83. The quantitative estimate of drug-likeness (QED) is 0.254. The van der Waals surface area contributed by atoms with Crippen molar-refractivity contribution in [2.75, 3.05) is 6.61 Å². The van der Waals surface area contributed by atoms with Gasteiger partial charge in [0.2, 0.25) is 11.8 Å². The fraction of sp³-hybridized carbons (Fsp3) is 0.226. The van der Waals surface area contributed by atoms with Gasteiger partial charge in [-0.3, -0.25) is 0 Å². The molecule has 3 aromatic carbocycles. The summed E-state index contributed by atoms with van der Waals surface area (Å²) in [6.45, 7) is 4.75. The highest BCUT2D eigenvalue weighted by molar-refractivity contribution is 6.31. The second kappa shape index (κ2) is 11.5. The van der Waals surface area contributed by atoms with Crippen molar-refractivity contribution >= 4 is 11.6 Å². The molecule has 4 aromatic rings. The van der Waals surface area contributed by atoms with E-state index in [1.807, 2.05) is 79.7 Å². The average Bonchev–Trinajstić information content (AvgIpc) is 3.30. The predicted molar refractivity (Wildman–Crippen MR) is 150 cm³/mol. The second-order valence-electron chi connectivity index (χ2n) is 9.11. The maximum absolute atomic E-state index is 10.2. The van der Waals surface area contributed by atoms with Gasteiger partial charge in [-0.05, 0) is 49.2 Å². The predicted octanol–water partition coefficient (Wildman–Crippen LogP) is 6.67. The highest BCUT2D eigenvalue weighted by atomic mass is 35.5. The van der Waals surface area contributed by atoms with E-state index in [2.05, 4.69) is 13.0 Å². The van der Waals surface area contributed by atoms with Crippen molar-refractivity contribution in [2.45, 2.75) is 39.2 Å². The van der Waals surface area contributed by atoms with Gasteiger partial charge in [-0.1, -0.05) is 67.4 Å². The molecule has 5 rings (SSSR count). The zero-order chi connectivity index (χ0) is 27.4. The molecule has 0 spiro atoms. The number of nitrogens with two attached hydrogens (primary N) is 1. The Morgan fingerprint density at radius 1 is 1.03 bits per heavy atom. The van der Waals surface area contributed by atoms with E-state index in [1.54, 1.807) is 4.68 Å². The van der Waals surface area contributed by atoms with Crippen LogP contribution in [-0.4, -0.2) is 16.4 Å². The molecule has 198 valence electrons. The van der Waals surface area contributed by atoms with Crippen molar-refractivity contribution < 1.29 is 14.2 Å². The van der Waals surface area contributed by atoms with Crippen LogP contribution in [-0.2, 0) is 13.0 Å². The molecular weight excluding hydrogens is 512 g/mol. The molecule has 0 saturated heterocycles. The zero-order valence-electron chi connectivity index (χ0n) is 21.9. The third kappa shape index (κ3) is 5.16. The Bertz CT molecular complexity index is 1560. The van der Waals surface area contributed by atoms with Crippen LogP contribution in [0.5, 0.6) is 17.4 Å². The molecule has 1 unspecified atom stereocenters. The lowest BCUT2D eigenvalue weighted by Crippen LogP contribution is -2.22. The van der Waals surface area contributed by atoms with E-state index in [4.69, 9.17) is 36.6 Å². The monoisotopic (exact) mass is 540 g/mol.